The second-order valence-corrected chi connectivity index (χ2v) is 6.93. The first-order valence-electron chi connectivity index (χ1n) is 9.11. The molecule has 0 radical (unpaired) electrons. The second kappa shape index (κ2) is 8.06. The number of hydrogen-bond acceptors (Lipinski definition) is 5. The molecule has 1 saturated carbocycles. The van der Waals surface area contributed by atoms with Crippen LogP contribution in [-0.2, 0) is 4.74 Å². The fourth-order valence-electron chi connectivity index (χ4n) is 3.85. The summed E-state index contributed by atoms with van der Waals surface area (Å²) >= 11 is 0. The molecule has 0 bridgehead atoms. The van der Waals surface area contributed by atoms with Gasteiger partial charge in [0, 0.05) is 12.1 Å². The van der Waals surface area contributed by atoms with Gasteiger partial charge in [0.25, 0.3) is 5.91 Å². The van der Waals surface area contributed by atoms with Gasteiger partial charge >= 0.3 is 0 Å². The van der Waals surface area contributed by atoms with E-state index >= 15 is 0 Å². The van der Waals surface area contributed by atoms with Crippen LogP contribution in [0.4, 0.5) is 0 Å². The Morgan fingerprint density at radius 2 is 2.12 bits per heavy atom. The number of methoxy groups -OCH3 is 1. The van der Waals surface area contributed by atoms with Gasteiger partial charge in [-0.2, -0.15) is 0 Å². The molecule has 1 atom stereocenters. The topological polar surface area (TPSA) is 82.8 Å². The van der Waals surface area contributed by atoms with E-state index in [0.29, 0.717) is 36.8 Å². The first-order valence-corrected chi connectivity index (χ1v) is 9.11. The summed E-state index contributed by atoms with van der Waals surface area (Å²) in [6, 6.07) is 5.27. The summed E-state index contributed by atoms with van der Waals surface area (Å²) in [5.41, 5.74) is 6.01. The van der Waals surface area contributed by atoms with E-state index in [1.165, 1.54) is 19.3 Å². The van der Waals surface area contributed by atoms with Crippen LogP contribution in [0.2, 0.25) is 0 Å². The van der Waals surface area contributed by atoms with Crippen LogP contribution in [0.5, 0.6) is 11.5 Å². The van der Waals surface area contributed by atoms with E-state index in [-0.39, 0.29) is 17.6 Å². The van der Waals surface area contributed by atoms with Crippen LogP contribution in [0.15, 0.2) is 18.2 Å². The minimum absolute atomic E-state index is 0.00614. The Kier molecular flexibility index (Phi) is 5.81. The number of ether oxygens (including phenoxy) is 3. The summed E-state index contributed by atoms with van der Waals surface area (Å²) in [6.07, 6.45) is 6.87. The number of nitrogens with two attached hydrogens (primary N) is 1. The van der Waals surface area contributed by atoms with Gasteiger partial charge in [-0.25, -0.2) is 0 Å². The number of amides is 1. The predicted octanol–water partition coefficient (Wildman–Crippen LogP) is 2.25. The van der Waals surface area contributed by atoms with Crippen molar-refractivity contribution in [2.45, 2.75) is 50.2 Å². The van der Waals surface area contributed by atoms with E-state index in [4.69, 9.17) is 19.9 Å². The van der Waals surface area contributed by atoms with Gasteiger partial charge in [-0.3, -0.25) is 4.79 Å². The van der Waals surface area contributed by atoms with E-state index in [1.54, 1.807) is 25.3 Å². The highest BCUT2D eigenvalue weighted by atomic mass is 16.5. The molecule has 25 heavy (non-hydrogen) atoms. The van der Waals surface area contributed by atoms with Crippen LogP contribution in [0.3, 0.4) is 0 Å². The van der Waals surface area contributed by atoms with E-state index in [2.05, 4.69) is 5.32 Å². The SMILES string of the molecule is COc1cc(C(=O)N[C@@H]2COC3(CCCCC3)C2)ccc1OCCN. The molecular weight excluding hydrogens is 320 g/mol. The van der Waals surface area contributed by atoms with Crippen LogP contribution in [0, 0.1) is 0 Å². The summed E-state index contributed by atoms with van der Waals surface area (Å²) in [7, 11) is 1.56. The molecule has 6 nitrogen and oxygen atoms in total. The molecule has 1 spiro atoms. The maximum Gasteiger partial charge on any atom is 0.251 e. The van der Waals surface area contributed by atoms with E-state index < -0.39 is 0 Å². The first kappa shape index (κ1) is 18.0. The van der Waals surface area contributed by atoms with Gasteiger partial charge in [0.05, 0.1) is 25.4 Å². The Hall–Kier alpha value is -1.79. The number of hydrogen-bond donors (Lipinski definition) is 2. The van der Waals surface area contributed by atoms with Gasteiger partial charge in [0.1, 0.15) is 6.61 Å². The number of benzene rings is 1. The highest BCUT2D eigenvalue weighted by molar-refractivity contribution is 5.95. The zero-order chi connectivity index (χ0) is 17.7. The summed E-state index contributed by atoms with van der Waals surface area (Å²) in [4.78, 5) is 12.6. The number of nitrogens with one attached hydrogen (secondary N) is 1. The third kappa shape index (κ3) is 4.25. The molecule has 2 aliphatic rings. The quantitative estimate of drug-likeness (QED) is 0.824. The molecule has 138 valence electrons. The zero-order valence-corrected chi connectivity index (χ0v) is 14.9. The molecule has 1 saturated heterocycles. The van der Waals surface area contributed by atoms with Crippen LogP contribution < -0.4 is 20.5 Å². The van der Waals surface area contributed by atoms with Crippen molar-refractivity contribution < 1.29 is 19.0 Å². The normalized spacial score (nSPS) is 21.9. The molecular formula is C19H28N2O4. The van der Waals surface area contributed by atoms with Gasteiger partial charge in [-0.1, -0.05) is 19.3 Å². The van der Waals surface area contributed by atoms with Crippen molar-refractivity contribution in [1.29, 1.82) is 0 Å². The maximum atomic E-state index is 12.6. The summed E-state index contributed by atoms with van der Waals surface area (Å²) in [5.74, 6) is 1.02. The molecule has 3 rings (SSSR count). The van der Waals surface area contributed by atoms with Crippen molar-refractivity contribution >= 4 is 5.91 Å². The number of carbonyl (C=O) groups is 1. The standard InChI is InChI=1S/C19H28N2O4/c1-23-17-11-14(5-6-16(17)24-10-9-20)18(22)21-15-12-19(25-13-15)7-3-2-4-8-19/h5-6,11,15H,2-4,7-10,12-13,20H2,1H3,(H,21,22)/t15-/m0/s1. The van der Waals surface area contributed by atoms with Gasteiger partial charge in [0.2, 0.25) is 0 Å². The number of carbonyl (C=O) groups excluding carboxylic acids is 1. The average Bonchev–Trinajstić information content (AvgIpc) is 3.02. The molecule has 1 amide bonds. The molecule has 0 unspecified atom stereocenters. The number of rotatable bonds is 6. The first-order chi connectivity index (χ1) is 12.2. The second-order valence-electron chi connectivity index (χ2n) is 6.93. The van der Waals surface area contributed by atoms with Crippen LogP contribution >= 0.6 is 0 Å². The van der Waals surface area contributed by atoms with Crippen molar-refractivity contribution in [3.05, 3.63) is 23.8 Å². The van der Waals surface area contributed by atoms with E-state index in [9.17, 15) is 4.79 Å². The third-order valence-electron chi connectivity index (χ3n) is 5.11. The largest absolute Gasteiger partial charge is 0.493 e. The maximum absolute atomic E-state index is 12.6. The summed E-state index contributed by atoms with van der Waals surface area (Å²) in [6.45, 7) is 1.43. The predicted molar refractivity (Wildman–Crippen MR) is 95.2 cm³/mol. The molecule has 3 N–H and O–H groups in total. The molecule has 2 fully saturated rings. The minimum atomic E-state index is -0.106. The Labute approximate surface area is 149 Å². The van der Waals surface area contributed by atoms with Crippen molar-refractivity contribution in [2.75, 3.05) is 26.9 Å². The van der Waals surface area contributed by atoms with Crippen LogP contribution in [-0.4, -0.2) is 44.4 Å². The van der Waals surface area contributed by atoms with Gasteiger partial charge in [-0.15, -0.1) is 0 Å². The van der Waals surface area contributed by atoms with Crippen molar-refractivity contribution in [2.24, 2.45) is 5.73 Å². The lowest BCUT2D eigenvalue weighted by atomic mass is 9.82. The smallest absolute Gasteiger partial charge is 0.251 e. The zero-order valence-electron chi connectivity index (χ0n) is 14.9. The fourth-order valence-corrected chi connectivity index (χ4v) is 3.85. The molecule has 1 heterocycles. The summed E-state index contributed by atoms with van der Waals surface area (Å²) < 4.78 is 16.9. The summed E-state index contributed by atoms with van der Waals surface area (Å²) in [5, 5.41) is 3.10. The highest BCUT2D eigenvalue weighted by Gasteiger charge is 2.41. The third-order valence-corrected chi connectivity index (χ3v) is 5.11. The Morgan fingerprint density at radius 1 is 1.32 bits per heavy atom. The molecule has 1 aromatic rings. The van der Waals surface area contributed by atoms with E-state index in [0.717, 1.165) is 19.3 Å². The molecule has 1 aromatic carbocycles. The Bertz CT molecular complexity index is 599. The average molecular weight is 348 g/mol. The minimum Gasteiger partial charge on any atom is -0.493 e. The molecule has 1 aliphatic carbocycles. The van der Waals surface area contributed by atoms with Crippen molar-refractivity contribution in [3.63, 3.8) is 0 Å². The van der Waals surface area contributed by atoms with Gasteiger partial charge in [-0.05, 0) is 37.5 Å². The van der Waals surface area contributed by atoms with Gasteiger partial charge < -0.3 is 25.3 Å². The Morgan fingerprint density at radius 3 is 2.84 bits per heavy atom. The van der Waals surface area contributed by atoms with E-state index in [1.807, 2.05) is 0 Å². The lowest BCUT2D eigenvalue weighted by Gasteiger charge is -2.32. The van der Waals surface area contributed by atoms with Gasteiger partial charge in [0.15, 0.2) is 11.5 Å². The lowest BCUT2D eigenvalue weighted by molar-refractivity contribution is -0.0246. The fraction of sp³-hybridized carbons (Fsp3) is 0.632. The van der Waals surface area contributed by atoms with Crippen LogP contribution in [0.1, 0.15) is 48.9 Å². The van der Waals surface area contributed by atoms with Crippen LogP contribution in [0.25, 0.3) is 0 Å². The molecule has 6 heteroatoms. The lowest BCUT2D eigenvalue weighted by Crippen LogP contribution is -2.37. The molecule has 1 aliphatic heterocycles. The monoisotopic (exact) mass is 348 g/mol. The highest BCUT2D eigenvalue weighted by Crippen LogP contribution is 2.39. The Balaban J connectivity index is 1.61. The van der Waals surface area contributed by atoms with Crippen molar-refractivity contribution in [3.8, 4) is 11.5 Å². The molecule has 0 aromatic heterocycles. The van der Waals surface area contributed by atoms with Crippen molar-refractivity contribution in [1.82, 2.24) is 5.32 Å².